The fourth-order valence-corrected chi connectivity index (χ4v) is 1.94. The maximum Gasteiger partial charge on any atom is 0.120 e. The molecule has 2 nitrogen and oxygen atoms in total. The standard InChI is InChI=1S/C12H14O2/c13-8-3-6-12-11-5-2-1-4-10(11)7-9-14-12/h1-2,4-5,8,12H,3,6-7,9H2. The SMILES string of the molecule is O=CCCC1OCCc2ccccc21. The molecular weight excluding hydrogens is 176 g/mol. The van der Waals surface area contributed by atoms with Crippen LogP contribution in [0.15, 0.2) is 24.3 Å². The van der Waals surface area contributed by atoms with Gasteiger partial charge in [0.05, 0.1) is 12.7 Å². The monoisotopic (exact) mass is 190 g/mol. The van der Waals surface area contributed by atoms with Crippen molar-refractivity contribution < 1.29 is 9.53 Å². The molecule has 0 spiro atoms. The van der Waals surface area contributed by atoms with Gasteiger partial charge in [-0.05, 0) is 24.0 Å². The lowest BCUT2D eigenvalue weighted by atomic mass is 9.95. The number of benzene rings is 1. The van der Waals surface area contributed by atoms with Crippen LogP contribution in [0.3, 0.4) is 0 Å². The van der Waals surface area contributed by atoms with Gasteiger partial charge in [-0.15, -0.1) is 0 Å². The zero-order chi connectivity index (χ0) is 9.80. The van der Waals surface area contributed by atoms with E-state index >= 15 is 0 Å². The summed E-state index contributed by atoms with van der Waals surface area (Å²) in [6.45, 7) is 0.778. The van der Waals surface area contributed by atoms with Crippen LogP contribution < -0.4 is 0 Å². The van der Waals surface area contributed by atoms with E-state index in [2.05, 4.69) is 18.2 Å². The van der Waals surface area contributed by atoms with Crippen LogP contribution in [0.1, 0.15) is 30.1 Å². The van der Waals surface area contributed by atoms with Gasteiger partial charge < -0.3 is 9.53 Å². The van der Waals surface area contributed by atoms with Gasteiger partial charge in [-0.1, -0.05) is 24.3 Å². The van der Waals surface area contributed by atoms with Crippen molar-refractivity contribution in [3.05, 3.63) is 35.4 Å². The van der Waals surface area contributed by atoms with E-state index in [0.717, 1.165) is 25.7 Å². The largest absolute Gasteiger partial charge is 0.373 e. The lowest BCUT2D eigenvalue weighted by molar-refractivity contribution is -0.108. The van der Waals surface area contributed by atoms with Crippen LogP contribution in [0.2, 0.25) is 0 Å². The highest BCUT2D eigenvalue weighted by Crippen LogP contribution is 2.29. The fraction of sp³-hybridized carbons (Fsp3) is 0.417. The zero-order valence-corrected chi connectivity index (χ0v) is 8.11. The van der Waals surface area contributed by atoms with Crippen molar-refractivity contribution in [3.8, 4) is 0 Å². The predicted molar refractivity (Wildman–Crippen MR) is 54.1 cm³/mol. The Bertz CT molecular complexity index is 320. The minimum Gasteiger partial charge on any atom is -0.373 e. The van der Waals surface area contributed by atoms with Crippen molar-refractivity contribution in [2.24, 2.45) is 0 Å². The molecule has 0 aliphatic carbocycles. The smallest absolute Gasteiger partial charge is 0.120 e. The Morgan fingerprint density at radius 2 is 2.29 bits per heavy atom. The van der Waals surface area contributed by atoms with Gasteiger partial charge >= 0.3 is 0 Å². The maximum atomic E-state index is 10.3. The van der Waals surface area contributed by atoms with E-state index < -0.39 is 0 Å². The fourth-order valence-electron chi connectivity index (χ4n) is 1.94. The Labute approximate surface area is 83.9 Å². The molecule has 0 fully saturated rings. The van der Waals surface area contributed by atoms with E-state index in [-0.39, 0.29) is 6.10 Å². The summed E-state index contributed by atoms with van der Waals surface area (Å²) in [4.78, 5) is 10.3. The number of carbonyl (C=O) groups is 1. The van der Waals surface area contributed by atoms with E-state index in [1.54, 1.807) is 0 Å². The number of ether oxygens (including phenoxy) is 1. The first-order chi connectivity index (χ1) is 6.92. The van der Waals surface area contributed by atoms with E-state index in [9.17, 15) is 4.79 Å². The summed E-state index contributed by atoms with van der Waals surface area (Å²) in [6, 6.07) is 8.33. The molecule has 0 amide bonds. The number of aldehydes is 1. The van der Waals surface area contributed by atoms with Crippen molar-refractivity contribution in [3.63, 3.8) is 0 Å². The molecule has 1 aliphatic heterocycles. The van der Waals surface area contributed by atoms with Crippen LogP contribution >= 0.6 is 0 Å². The third kappa shape index (κ3) is 1.85. The van der Waals surface area contributed by atoms with Crippen molar-refractivity contribution in [1.82, 2.24) is 0 Å². The second kappa shape index (κ2) is 4.38. The van der Waals surface area contributed by atoms with Crippen molar-refractivity contribution in [2.75, 3.05) is 6.61 Å². The lowest BCUT2D eigenvalue weighted by Crippen LogP contribution is -2.16. The van der Waals surface area contributed by atoms with Crippen LogP contribution in [0, 0.1) is 0 Å². The highest BCUT2D eigenvalue weighted by molar-refractivity contribution is 5.49. The Morgan fingerprint density at radius 3 is 3.14 bits per heavy atom. The first-order valence-electron chi connectivity index (χ1n) is 5.05. The number of carbonyl (C=O) groups excluding carboxylic acids is 1. The molecule has 0 saturated carbocycles. The first kappa shape index (κ1) is 9.41. The van der Waals surface area contributed by atoms with Crippen LogP contribution in [-0.2, 0) is 16.0 Å². The van der Waals surface area contributed by atoms with Crippen molar-refractivity contribution >= 4 is 6.29 Å². The topological polar surface area (TPSA) is 26.3 Å². The summed E-state index contributed by atoms with van der Waals surface area (Å²) in [6.07, 6.45) is 3.47. The van der Waals surface area contributed by atoms with E-state index in [4.69, 9.17) is 4.74 Å². The molecule has 74 valence electrons. The van der Waals surface area contributed by atoms with E-state index in [1.807, 2.05) is 6.07 Å². The Morgan fingerprint density at radius 1 is 1.43 bits per heavy atom. The summed E-state index contributed by atoms with van der Waals surface area (Å²) in [7, 11) is 0. The number of rotatable bonds is 3. The molecule has 1 atom stereocenters. The minimum absolute atomic E-state index is 0.130. The second-order valence-electron chi connectivity index (χ2n) is 3.55. The third-order valence-corrected chi connectivity index (χ3v) is 2.64. The Balaban J connectivity index is 2.17. The average Bonchev–Trinajstić information content (AvgIpc) is 2.26. The summed E-state index contributed by atoms with van der Waals surface area (Å²) in [5, 5.41) is 0. The predicted octanol–water partition coefficient (Wildman–Crippen LogP) is 2.28. The third-order valence-electron chi connectivity index (χ3n) is 2.64. The van der Waals surface area contributed by atoms with Gasteiger partial charge in [-0.25, -0.2) is 0 Å². The van der Waals surface area contributed by atoms with E-state index in [0.29, 0.717) is 6.42 Å². The summed E-state index contributed by atoms with van der Waals surface area (Å²) in [5.74, 6) is 0. The molecule has 0 N–H and O–H groups in total. The molecule has 2 heteroatoms. The first-order valence-corrected chi connectivity index (χ1v) is 5.05. The summed E-state index contributed by atoms with van der Waals surface area (Å²) >= 11 is 0. The van der Waals surface area contributed by atoms with Crippen LogP contribution in [-0.4, -0.2) is 12.9 Å². The number of hydrogen-bond acceptors (Lipinski definition) is 2. The van der Waals surface area contributed by atoms with E-state index in [1.165, 1.54) is 11.1 Å². The quantitative estimate of drug-likeness (QED) is 0.683. The highest BCUT2D eigenvalue weighted by atomic mass is 16.5. The average molecular weight is 190 g/mol. The molecule has 0 saturated heterocycles. The second-order valence-corrected chi connectivity index (χ2v) is 3.55. The molecule has 0 radical (unpaired) electrons. The van der Waals surface area contributed by atoms with Crippen molar-refractivity contribution in [2.45, 2.75) is 25.4 Å². The van der Waals surface area contributed by atoms with Gasteiger partial charge in [0.15, 0.2) is 0 Å². The van der Waals surface area contributed by atoms with Crippen molar-refractivity contribution in [1.29, 1.82) is 0 Å². The molecule has 1 heterocycles. The normalized spacial score (nSPS) is 20.1. The Hall–Kier alpha value is -1.15. The van der Waals surface area contributed by atoms with Crippen LogP contribution in [0.5, 0.6) is 0 Å². The maximum absolute atomic E-state index is 10.3. The number of hydrogen-bond donors (Lipinski definition) is 0. The lowest BCUT2D eigenvalue weighted by Gasteiger charge is -2.25. The summed E-state index contributed by atoms with van der Waals surface area (Å²) in [5.41, 5.74) is 2.63. The molecule has 1 unspecified atom stereocenters. The van der Waals surface area contributed by atoms with Crippen LogP contribution in [0.4, 0.5) is 0 Å². The van der Waals surface area contributed by atoms with Gasteiger partial charge in [0.25, 0.3) is 0 Å². The van der Waals surface area contributed by atoms with Gasteiger partial charge in [0.2, 0.25) is 0 Å². The van der Waals surface area contributed by atoms with Gasteiger partial charge in [0, 0.05) is 6.42 Å². The zero-order valence-electron chi connectivity index (χ0n) is 8.11. The molecule has 1 aromatic rings. The summed E-state index contributed by atoms with van der Waals surface area (Å²) < 4.78 is 5.65. The molecule has 1 aromatic carbocycles. The highest BCUT2D eigenvalue weighted by Gasteiger charge is 2.19. The molecule has 0 aromatic heterocycles. The molecule has 14 heavy (non-hydrogen) atoms. The van der Waals surface area contributed by atoms with Gasteiger partial charge in [-0.3, -0.25) is 0 Å². The van der Waals surface area contributed by atoms with Gasteiger partial charge in [-0.2, -0.15) is 0 Å². The minimum atomic E-state index is 0.130. The molecule has 2 rings (SSSR count). The number of fused-ring (bicyclic) bond motifs is 1. The van der Waals surface area contributed by atoms with Gasteiger partial charge in [0.1, 0.15) is 6.29 Å². The van der Waals surface area contributed by atoms with Crippen LogP contribution in [0.25, 0.3) is 0 Å². The Kier molecular flexibility index (Phi) is 2.94. The molecule has 1 aliphatic rings. The molecular formula is C12H14O2. The molecule has 0 bridgehead atoms.